The zero-order chi connectivity index (χ0) is 22.3. The number of alkyl halides is 2. The van der Waals surface area contributed by atoms with Crippen LogP contribution in [0.4, 0.5) is 26.4 Å². The Hall–Kier alpha value is -4.27. The molecule has 0 aromatic carbocycles. The minimum atomic E-state index is -2.82. The van der Waals surface area contributed by atoms with Crippen molar-refractivity contribution in [2.45, 2.75) is 19.5 Å². The second-order valence-corrected chi connectivity index (χ2v) is 6.86. The molecule has 0 saturated heterocycles. The highest BCUT2D eigenvalue weighted by Gasteiger charge is 2.23. The van der Waals surface area contributed by atoms with E-state index in [0.717, 1.165) is 5.52 Å². The summed E-state index contributed by atoms with van der Waals surface area (Å²) in [6.07, 6.45) is 3.13. The number of nitrogens with two attached hydrogens (primary N) is 2. The Morgan fingerprint density at radius 2 is 1.97 bits per heavy atom. The van der Waals surface area contributed by atoms with Gasteiger partial charge in [-0.1, -0.05) is 0 Å². The number of rotatable bonds is 5. The topological polar surface area (TPSA) is 149 Å². The van der Waals surface area contributed by atoms with Gasteiger partial charge in [-0.3, -0.25) is 0 Å². The molecule has 158 valence electrons. The van der Waals surface area contributed by atoms with Gasteiger partial charge in [0, 0.05) is 25.0 Å². The smallest absolute Gasteiger partial charge is 0.333 e. The highest BCUT2D eigenvalue weighted by molar-refractivity contribution is 5.83. The van der Waals surface area contributed by atoms with Gasteiger partial charge in [0.05, 0.1) is 28.5 Å². The molecule has 4 heterocycles. The van der Waals surface area contributed by atoms with Crippen LogP contribution in [0.2, 0.25) is 0 Å². The number of aryl methyl sites for hydroxylation is 1. The number of anilines is 3. The fourth-order valence-electron chi connectivity index (χ4n) is 3.40. The maximum Gasteiger partial charge on any atom is 0.333 e. The van der Waals surface area contributed by atoms with E-state index in [9.17, 15) is 14.0 Å². The van der Waals surface area contributed by atoms with Crippen molar-refractivity contribution in [3.63, 3.8) is 0 Å². The van der Waals surface area contributed by atoms with Crippen molar-refractivity contribution in [1.29, 1.82) is 5.26 Å². The fraction of sp³-hybridized carbons (Fsp3) is 0.211. The lowest BCUT2D eigenvalue weighted by atomic mass is 10.0. The van der Waals surface area contributed by atoms with Gasteiger partial charge in [0.1, 0.15) is 17.5 Å². The molecular formula is C19H18F2N10. The summed E-state index contributed by atoms with van der Waals surface area (Å²) >= 11 is 0. The second kappa shape index (κ2) is 7.52. The number of nitrogens with one attached hydrogen (secondary N) is 1. The molecule has 0 saturated carbocycles. The third-order valence-electron chi connectivity index (χ3n) is 4.86. The molecule has 1 atom stereocenters. The average molecular weight is 424 g/mol. The van der Waals surface area contributed by atoms with Crippen LogP contribution < -0.4 is 16.8 Å². The maximum absolute atomic E-state index is 13.5. The maximum atomic E-state index is 13.5. The third kappa shape index (κ3) is 3.46. The van der Waals surface area contributed by atoms with Crippen molar-refractivity contribution in [1.82, 2.24) is 29.3 Å². The SMILES string of the molecule is C[C@H](Nc1nc(N)nc(N)c1C#N)c1nc2ccn(C)c2cc1-c1ccnn1C(F)F. The number of nitriles is 1. The molecule has 0 unspecified atom stereocenters. The van der Waals surface area contributed by atoms with E-state index < -0.39 is 12.6 Å². The van der Waals surface area contributed by atoms with Gasteiger partial charge in [-0.05, 0) is 25.1 Å². The highest BCUT2D eigenvalue weighted by Crippen LogP contribution is 2.34. The fourth-order valence-corrected chi connectivity index (χ4v) is 3.40. The zero-order valence-corrected chi connectivity index (χ0v) is 16.6. The molecule has 0 aliphatic rings. The molecule has 0 aliphatic heterocycles. The number of halogens is 2. The molecule has 4 aromatic rings. The Balaban J connectivity index is 1.87. The largest absolute Gasteiger partial charge is 0.382 e. The monoisotopic (exact) mass is 424 g/mol. The van der Waals surface area contributed by atoms with Crippen molar-refractivity contribution < 1.29 is 8.78 Å². The standard InChI is InChI=1S/C19H18F2N10/c1-9(26-17-11(8-22)16(23)28-19(24)29-17)15-10(13-3-5-25-31(13)18(20)21)7-14-12(27-15)4-6-30(14)2/h3-7,9,18H,1-2H3,(H5,23,24,26,28,29)/t9-/m0/s1. The Morgan fingerprint density at radius 1 is 1.19 bits per heavy atom. The van der Waals surface area contributed by atoms with Crippen LogP contribution in [0.1, 0.15) is 30.8 Å². The molecule has 0 radical (unpaired) electrons. The van der Waals surface area contributed by atoms with Crippen LogP contribution in [-0.2, 0) is 7.05 Å². The van der Waals surface area contributed by atoms with Gasteiger partial charge in [0.25, 0.3) is 0 Å². The van der Waals surface area contributed by atoms with Crippen LogP contribution in [0, 0.1) is 11.3 Å². The van der Waals surface area contributed by atoms with E-state index in [4.69, 9.17) is 16.5 Å². The van der Waals surface area contributed by atoms with Gasteiger partial charge in [0.2, 0.25) is 5.95 Å². The van der Waals surface area contributed by atoms with Crippen molar-refractivity contribution in [3.8, 4) is 17.3 Å². The van der Waals surface area contributed by atoms with Crippen LogP contribution in [0.3, 0.4) is 0 Å². The van der Waals surface area contributed by atoms with E-state index in [1.54, 1.807) is 13.0 Å². The first-order valence-electron chi connectivity index (χ1n) is 9.17. The number of fused-ring (bicyclic) bond motifs is 1. The minimum absolute atomic E-state index is 0.0287. The molecule has 31 heavy (non-hydrogen) atoms. The summed E-state index contributed by atoms with van der Waals surface area (Å²) in [5.41, 5.74) is 14.0. The van der Waals surface area contributed by atoms with Crippen molar-refractivity contribution in [3.05, 3.63) is 41.9 Å². The Labute approximate surface area is 175 Å². The van der Waals surface area contributed by atoms with Gasteiger partial charge < -0.3 is 21.4 Å². The number of nitrogen functional groups attached to an aromatic ring is 2. The molecular weight excluding hydrogens is 406 g/mol. The molecule has 0 amide bonds. The van der Waals surface area contributed by atoms with Crippen molar-refractivity contribution in [2.75, 3.05) is 16.8 Å². The van der Waals surface area contributed by atoms with Crippen LogP contribution >= 0.6 is 0 Å². The minimum Gasteiger partial charge on any atom is -0.382 e. The van der Waals surface area contributed by atoms with E-state index in [-0.39, 0.29) is 28.8 Å². The van der Waals surface area contributed by atoms with Gasteiger partial charge in [-0.2, -0.15) is 29.1 Å². The summed E-state index contributed by atoms with van der Waals surface area (Å²) in [6, 6.07) is 6.48. The number of hydrogen-bond acceptors (Lipinski definition) is 8. The quantitative estimate of drug-likeness (QED) is 0.443. The van der Waals surface area contributed by atoms with E-state index >= 15 is 0 Å². The van der Waals surface area contributed by atoms with Gasteiger partial charge in [-0.25, -0.2) is 9.67 Å². The van der Waals surface area contributed by atoms with Crippen molar-refractivity contribution >= 4 is 28.6 Å². The molecule has 4 rings (SSSR count). The van der Waals surface area contributed by atoms with Gasteiger partial charge >= 0.3 is 6.55 Å². The number of nitrogens with zero attached hydrogens (tertiary/aromatic N) is 7. The molecule has 4 aromatic heterocycles. The molecule has 0 bridgehead atoms. The lowest BCUT2D eigenvalue weighted by Crippen LogP contribution is -2.15. The average Bonchev–Trinajstić information content (AvgIpc) is 3.34. The lowest BCUT2D eigenvalue weighted by molar-refractivity contribution is 0.0585. The van der Waals surface area contributed by atoms with E-state index in [1.165, 1.54) is 12.3 Å². The Morgan fingerprint density at radius 3 is 2.68 bits per heavy atom. The van der Waals surface area contributed by atoms with E-state index in [1.807, 2.05) is 29.9 Å². The lowest BCUT2D eigenvalue weighted by Gasteiger charge is -2.19. The molecule has 5 N–H and O–H groups in total. The molecule has 0 fully saturated rings. The first-order valence-corrected chi connectivity index (χ1v) is 9.17. The summed E-state index contributed by atoms with van der Waals surface area (Å²) in [5.74, 6) is -0.0379. The number of pyridine rings is 1. The van der Waals surface area contributed by atoms with Crippen LogP contribution in [0.25, 0.3) is 22.3 Å². The highest BCUT2D eigenvalue weighted by atomic mass is 19.3. The van der Waals surface area contributed by atoms with Crippen LogP contribution in [-0.4, -0.2) is 29.3 Å². The third-order valence-corrected chi connectivity index (χ3v) is 4.86. The van der Waals surface area contributed by atoms with Gasteiger partial charge in [0.15, 0.2) is 5.82 Å². The summed E-state index contributed by atoms with van der Waals surface area (Å²) in [4.78, 5) is 12.5. The number of hydrogen-bond donors (Lipinski definition) is 3. The predicted octanol–water partition coefficient (Wildman–Crippen LogP) is 2.83. The predicted molar refractivity (Wildman–Crippen MR) is 111 cm³/mol. The first-order chi connectivity index (χ1) is 14.8. The summed E-state index contributed by atoms with van der Waals surface area (Å²) < 4.78 is 29.5. The molecule has 10 nitrogen and oxygen atoms in total. The second-order valence-electron chi connectivity index (χ2n) is 6.86. The zero-order valence-electron chi connectivity index (χ0n) is 16.6. The summed E-state index contributed by atoms with van der Waals surface area (Å²) in [5, 5.41) is 16.2. The van der Waals surface area contributed by atoms with Crippen LogP contribution in [0.15, 0.2) is 30.6 Å². The molecule has 12 heteroatoms. The molecule has 0 aliphatic carbocycles. The Kier molecular flexibility index (Phi) is 4.86. The number of aromatic nitrogens is 6. The summed E-state index contributed by atoms with van der Waals surface area (Å²) in [7, 11) is 1.84. The molecule has 0 spiro atoms. The van der Waals surface area contributed by atoms with E-state index in [0.29, 0.717) is 21.5 Å². The van der Waals surface area contributed by atoms with E-state index in [2.05, 4.69) is 20.4 Å². The summed E-state index contributed by atoms with van der Waals surface area (Å²) in [6.45, 7) is -1.06. The van der Waals surface area contributed by atoms with Crippen molar-refractivity contribution in [2.24, 2.45) is 7.05 Å². The normalized spacial score (nSPS) is 12.3. The van der Waals surface area contributed by atoms with Gasteiger partial charge in [-0.15, -0.1) is 0 Å². The Bertz CT molecular complexity index is 1320. The first kappa shape index (κ1) is 20.0. The van der Waals surface area contributed by atoms with Crippen LogP contribution in [0.5, 0.6) is 0 Å².